The van der Waals surface area contributed by atoms with Gasteiger partial charge in [-0.3, -0.25) is 0 Å². The number of nitrogens with zero attached hydrogens (tertiary/aromatic N) is 2. The van der Waals surface area contributed by atoms with Crippen molar-refractivity contribution in [3.05, 3.63) is 57.7 Å². The van der Waals surface area contributed by atoms with E-state index < -0.39 is 23.1 Å². The molecule has 0 unspecified atom stereocenters. The lowest BCUT2D eigenvalue weighted by Crippen LogP contribution is -2.02. The van der Waals surface area contributed by atoms with Crippen molar-refractivity contribution in [2.24, 2.45) is 0 Å². The van der Waals surface area contributed by atoms with Gasteiger partial charge in [-0.2, -0.15) is 10.5 Å². The molecule has 0 amide bonds. The van der Waals surface area contributed by atoms with Crippen LogP contribution >= 0.6 is 0 Å². The molecule has 0 radical (unpaired) electrons. The van der Waals surface area contributed by atoms with E-state index in [1.54, 1.807) is 12.1 Å². The van der Waals surface area contributed by atoms with Gasteiger partial charge >= 0.3 is 0 Å². The van der Waals surface area contributed by atoms with Crippen molar-refractivity contribution >= 4 is 0 Å². The van der Waals surface area contributed by atoms with Gasteiger partial charge in [0.15, 0.2) is 23.1 Å². The highest BCUT2D eigenvalue weighted by Gasteiger charge is 2.20. The van der Waals surface area contributed by atoms with Crippen LogP contribution in [0.3, 0.4) is 0 Å². The van der Waals surface area contributed by atoms with Gasteiger partial charge in [0.05, 0.1) is 11.6 Å². The predicted octanol–water partition coefficient (Wildman–Crippen LogP) is 3.02. The molecular formula is C16H10F2N2O2. The Morgan fingerprint density at radius 2 is 1.77 bits per heavy atom. The summed E-state index contributed by atoms with van der Waals surface area (Å²) in [6, 6.07) is 7.14. The van der Waals surface area contributed by atoms with Crippen molar-refractivity contribution in [1.82, 2.24) is 0 Å². The van der Waals surface area contributed by atoms with Gasteiger partial charge in [0.1, 0.15) is 11.6 Å². The SMILES string of the molecule is Cc1ccc(Cc2c(C#N)cc(O)c(O)c2C#N)c(F)c1F. The Kier molecular flexibility index (Phi) is 3.96. The molecule has 0 saturated heterocycles. The van der Waals surface area contributed by atoms with Gasteiger partial charge in [-0.25, -0.2) is 8.78 Å². The summed E-state index contributed by atoms with van der Waals surface area (Å²) in [6.45, 7) is 1.41. The predicted molar refractivity (Wildman–Crippen MR) is 73.1 cm³/mol. The van der Waals surface area contributed by atoms with Crippen molar-refractivity contribution < 1.29 is 19.0 Å². The number of hydrogen-bond acceptors (Lipinski definition) is 4. The summed E-state index contributed by atoms with van der Waals surface area (Å²) in [5.74, 6) is -3.38. The molecule has 0 aliphatic rings. The first-order valence-corrected chi connectivity index (χ1v) is 6.22. The molecule has 0 heterocycles. The Hall–Kier alpha value is -3.12. The second-order valence-corrected chi connectivity index (χ2v) is 4.72. The molecule has 2 N–H and O–H groups in total. The molecule has 0 saturated carbocycles. The third kappa shape index (κ3) is 2.43. The quantitative estimate of drug-likeness (QED) is 0.834. The van der Waals surface area contributed by atoms with E-state index in [1.165, 1.54) is 19.1 Å². The largest absolute Gasteiger partial charge is 0.504 e. The topological polar surface area (TPSA) is 88.0 Å². The maximum absolute atomic E-state index is 13.9. The number of rotatable bonds is 2. The standard InChI is InChI=1S/C16H10F2N2O2/c1-8-2-3-9(15(18)14(8)17)4-11-10(6-19)5-13(21)16(22)12(11)7-20/h2-3,5,21-22H,4H2,1H3. The van der Waals surface area contributed by atoms with Gasteiger partial charge in [-0.05, 0) is 23.6 Å². The van der Waals surface area contributed by atoms with Crippen LogP contribution in [0.25, 0.3) is 0 Å². The molecule has 22 heavy (non-hydrogen) atoms. The number of phenols is 2. The van der Waals surface area contributed by atoms with Crippen molar-refractivity contribution in [2.75, 3.05) is 0 Å². The summed E-state index contributed by atoms with van der Waals surface area (Å²) < 4.78 is 27.6. The second-order valence-electron chi connectivity index (χ2n) is 4.72. The minimum atomic E-state index is -1.07. The molecule has 0 aromatic heterocycles. The van der Waals surface area contributed by atoms with E-state index >= 15 is 0 Å². The molecule has 0 aliphatic carbocycles. The fourth-order valence-corrected chi connectivity index (χ4v) is 2.11. The summed E-state index contributed by atoms with van der Waals surface area (Å²) in [5.41, 5.74) is -0.316. The van der Waals surface area contributed by atoms with Crippen molar-refractivity contribution in [2.45, 2.75) is 13.3 Å². The molecule has 4 nitrogen and oxygen atoms in total. The average molecular weight is 300 g/mol. The molecule has 0 spiro atoms. The Labute approximate surface area is 125 Å². The lowest BCUT2D eigenvalue weighted by molar-refractivity contribution is 0.402. The second kappa shape index (κ2) is 5.71. The van der Waals surface area contributed by atoms with Crippen LogP contribution in [-0.4, -0.2) is 10.2 Å². The summed E-state index contributed by atoms with van der Waals surface area (Å²) in [5, 5.41) is 37.3. The van der Waals surface area contributed by atoms with Crippen molar-refractivity contribution in [1.29, 1.82) is 10.5 Å². The molecule has 0 aliphatic heterocycles. The first kappa shape index (κ1) is 15.3. The van der Waals surface area contributed by atoms with E-state index in [2.05, 4.69) is 0 Å². The zero-order valence-corrected chi connectivity index (χ0v) is 11.5. The van der Waals surface area contributed by atoms with Crippen LogP contribution in [0.1, 0.15) is 27.8 Å². The fraction of sp³-hybridized carbons (Fsp3) is 0.125. The lowest BCUT2D eigenvalue weighted by Gasteiger charge is -2.11. The maximum atomic E-state index is 13.9. The summed E-state index contributed by atoms with van der Waals surface area (Å²) >= 11 is 0. The molecule has 2 rings (SSSR count). The Morgan fingerprint density at radius 3 is 2.36 bits per heavy atom. The number of phenolic OH excluding ortho intramolecular Hbond substituents is 2. The first-order chi connectivity index (χ1) is 10.4. The number of aromatic hydroxyl groups is 2. The Bertz CT molecular complexity index is 849. The van der Waals surface area contributed by atoms with Crippen LogP contribution < -0.4 is 0 Å². The molecular weight excluding hydrogens is 290 g/mol. The number of benzene rings is 2. The van der Waals surface area contributed by atoms with Gasteiger partial charge in [0.25, 0.3) is 0 Å². The van der Waals surface area contributed by atoms with Gasteiger partial charge < -0.3 is 10.2 Å². The molecule has 0 fully saturated rings. The highest BCUT2D eigenvalue weighted by Crippen LogP contribution is 2.35. The van der Waals surface area contributed by atoms with Crippen LogP contribution in [0.5, 0.6) is 11.5 Å². The Balaban J connectivity index is 2.65. The molecule has 110 valence electrons. The summed E-state index contributed by atoms with van der Waals surface area (Å²) in [6.07, 6.45) is -0.261. The highest BCUT2D eigenvalue weighted by molar-refractivity contribution is 5.62. The van der Waals surface area contributed by atoms with Crippen LogP contribution in [0.4, 0.5) is 8.78 Å². The lowest BCUT2D eigenvalue weighted by atomic mass is 9.93. The number of aryl methyl sites for hydroxylation is 1. The summed E-state index contributed by atoms with van der Waals surface area (Å²) in [4.78, 5) is 0. The zero-order valence-electron chi connectivity index (χ0n) is 11.5. The molecule has 2 aromatic rings. The molecule has 6 heteroatoms. The van der Waals surface area contributed by atoms with Crippen molar-refractivity contribution in [3.8, 4) is 23.6 Å². The molecule has 0 atom stereocenters. The van der Waals surface area contributed by atoms with Gasteiger partial charge in [0, 0.05) is 12.5 Å². The third-order valence-electron chi connectivity index (χ3n) is 3.34. The third-order valence-corrected chi connectivity index (χ3v) is 3.34. The van der Waals surface area contributed by atoms with E-state index in [1.807, 2.05) is 0 Å². The minimum absolute atomic E-state index is 0.0300. The van der Waals surface area contributed by atoms with E-state index in [-0.39, 0.29) is 34.2 Å². The van der Waals surface area contributed by atoms with Crippen LogP contribution in [0.15, 0.2) is 18.2 Å². The number of nitriles is 2. The summed E-state index contributed by atoms with van der Waals surface area (Å²) in [7, 11) is 0. The normalized spacial score (nSPS) is 10.0. The number of halogens is 2. The Morgan fingerprint density at radius 1 is 1.09 bits per heavy atom. The number of hydrogen-bond donors (Lipinski definition) is 2. The zero-order chi connectivity index (χ0) is 16.4. The monoisotopic (exact) mass is 300 g/mol. The highest BCUT2D eigenvalue weighted by atomic mass is 19.2. The van der Waals surface area contributed by atoms with Gasteiger partial charge in [-0.15, -0.1) is 0 Å². The average Bonchev–Trinajstić information content (AvgIpc) is 2.51. The van der Waals surface area contributed by atoms with Gasteiger partial charge in [-0.1, -0.05) is 12.1 Å². The first-order valence-electron chi connectivity index (χ1n) is 6.22. The van der Waals surface area contributed by atoms with Crippen molar-refractivity contribution in [3.63, 3.8) is 0 Å². The van der Waals surface area contributed by atoms with E-state index in [0.717, 1.165) is 6.07 Å². The minimum Gasteiger partial charge on any atom is -0.504 e. The molecule has 0 bridgehead atoms. The fourth-order valence-electron chi connectivity index (χ4n) is 2.11. The van der Waals surface area contributed by atoms with E-state index in [9.17, 15) is 19.0 Å². The van der Waals surface area contributed by atoms with Crippen LogP contribution in [0.2, 0.25) is 0 Å². The van der Waals surface area contributed by atoms with Gasteiger partial charge in [0.2, 0.25) is 0 Å². The molecule has 2 aromatic carbocycles. The van der Waals surface area contributed by atoms with E-state index in [4.69, 9.17) is 10.5 Å². The maximum Gasteiger partial charge on any atom is 0.175 e. The van der Waals surface area contributed by atoms with E-state index in [0.29, 0.717) is 0 Å². The smallest absolute Gasteiger partial charge is 0.175 e. The van der Waals surface area contributed by atoms with Crippen LogP contribution in [-0.2, 0) is 6.42 Å². The van der Waals surface area contributed by atoms with Crippen LogP contribution in [0, 0.1) is 41.2 Å².